The largest absolute Gasteiger partial charge is 0.461 e. The summed E-state index contributed by atoms with van der Waals surface area (Å²) in [7, 11) is 0. The van der Waals surface area contributed by atoms with Crippen LogP contribution in [0.4, 0.5) is 23.7 Å². The summed E-state index contributed by atoms with van der Waals surface area (Å²) in [6, 6.07) is 4.02. The SMILES string of the molecule is O=C(NC(=O)c1c(F)cccc1F)Nc1cc(Cl)c(OCF)cc1Cl. The molecular formula is C15H9Cl2F3N2O3. The maximum absolute atomic E-state index is 13.5. The van der Waals surface area contributed by atoms with Gasteiger partial charge in [-0.15, -0.1) is 0 Å². The molecule has 0 bridgehead atoms. The van der Waals surface area contributed by atoms with Crippen LogP contribution >= 0.6 is 23.2 Å². The van der Waals surface area contributed by atoms with Crippen LogP contribution in [0.25, 0.3) is 0 Å². The van der Waals surface area contributed by atoms with Gasteiger partial charge in [-0.3, -0.25) is 10.1 Å². The Morgan fingerprint density at radius 1 is 1.08 bits per heavy atom. The summed E-state index contributed by atoms with van der Waals surface area (Å²) < 4.78 is 43.7. The zero-order valence-electron chi connectivity index (χ0n) is 12.2. The number of halogens is 5. The van der Waals surface area contributed by atoms with Gasteiger partial charge in [-0.05, 0) is 18.2 Å². The Kier molecular flexibility index (Phi) is 6.11. The van der Waals surface area contributed by atoms with Crippen molar-refractivity contribution in [2.45, 2.75) is 0 Å². The average molecular weight is 393 g/mol. The Labute approximate surface area is 149 Å². The van der Waals surface area contributed by atoms with Crippen LogP contribution in [0.2, 0.25) is 10.0 Å². The molecule has 0 radical (unpaired) electrons. The first-order chi connectivity index (χ1) is 11.8. The van der Waals surface area contributed by atoms with Gasteiger partial charge in [0, 0.05) is 6.07 Å². The summed E-state index contributed by atoms with van der Waals surface area (Å²) in [6.07, 6.45) is 0. The topological polar surface area (TPSA) is 67.4 Å². The molecule has 0 saturated heterocycles. The molecule has 3 amide bonds. The second-order valence-electron chi connectivity index (χ2n) is 4.52. The number of imide groups is 1. The van der Waals surface area contributed by atoms with Crippen molar-refractivity contribution >= 4 is 40.8 Å². The second-order valence-corrected chi connectivity index (χ2v) is 5.34. The molecular weight excluding hydrogens is 384 g/mol. The molecule has 0 spiro atoms. The van der Waals surface area contributed by atoms with Gasteiger partial charge in [-0.2, -0.15) is 0 Å². The van der Waals surface area contributed by atoms with E-state index in [2.05, 4.69) is 10.1 Å². The number of nitrogens with one attached hydrogen (secondary N) is 2. The second kappa shape index (κ2) is 8.09. The van der Waals surface area contributed by atoms with Crippen LogP contribution in [-0.2, 0) is 0 Å². The molecule has 0 fully saturated rings. The number of carbonyl (C=O) groups excluding carboxylic acids is 2. The van der Waals surface area contributed by atoms with Gasteiger partial charge in [0.1, 0.15) is 22.9 Å². The van der Waals surface area contributed by atoms with Crippen LogP contribution < -0.4 is 15.4 Å². The molecule has 0 aliphatic carbocycles. The van der Waals surface area contributed by atoms with Crippen molar-refractivity contribution < 1.29 is 27.5 Å². The number of amides is 3. The van der Waals surface area contributed by atoms with Gasteiger partial charge in [-0.1, -0.05) is 29.3 Å². The van der Waals surface area contributed by atoms with E-state index < -0.39 is 36.0 Å². The molecule has 0 heterocycles. The van der Waals surface area contributed by atoms with E-state index in [1.54, 1.807) is 5.32 Å². The number of alkyl halides is 1. The minimum atomic E-state index is -1.28. The van der Waals surface area contributed by atoms with E-state index in [9.17, 15) is 22.8 Å². The van der Waals surface area contributed by atoms with E-state index in [0.29, 0.717) is 0 Å². The van der Waals surface area contributed by atoms with E-state index in [-0.39, 0.29) is 21.5 Å². The van der Waals surface area contributed by atoms with E-state index in [0.717, 1.165) is 30.3 Å². The van der Waals surface area contributed by atoms with Crippen LogP contribution in [0.5, 0.6) is 5.75 Å². The monoisotopic (exact) mass is 392 g/mol. The van der Waals surface area contributed by atoms with Crippen LogP contribution in [0, 0.1) is 11.6 Å². The predicted octanol–water partition coefficient (Wildman–Crippen LogP) is 4.54. The van der Waals surface area contributed by atoms with Crippen molar-refractivity contribution in [3.8, 4) is 5.75 Å². The first-order valence-electron chi connectivity index (χ1n) is 6.57. The number of benzene rings is 2. The van der Waals surface area contributed by atoms with Gasteiger partial charge < -0.3 is 10.1 Å². The molecule has 10 heteroatoms. The van der Waals surface area contributed by atoms with Crippen molar-refractivity contribution in [1.82, 2.24) is 5.32 Å². The fourth-order valence-electron chi connectivity index (χ4n) is 1.83. The molecule has 0 aromatic heterocycles. The van der Waals surface area contributed by atoms with Crippen molar-refractivity contribution in [3.05, 3.63) is 57.6 Å². The van der Waals surface area contributed by atoms with Gasteiger partial charge in [0.05, 0.1) is 15.7 Å². The molecule has 2 rings (SSSR count). The third-order valence-electron chi connectivity index (χ3n) is 2.90. The Morgan fingerprint density at radius 3 is 2.32 bits per heavy atom. The summed E-state index contributed by atoms with van der Waals surface area (Å²) in [5.41, 5.74) is -0.939. The van der Waals surface area contributed by atoms with Crippen LogP contribution in [0.15, 0.2) is 30.3 Å². The Morgan fingerprint density at radius 2 is 1.72 bits per heavy atom. The lowest BCUT2D eigenvalue weighted by Crippen LogP contribution is -2.35. The van der Waals surface area contributed by atoms with Crippen molar-refractivity contribution in [2.24, 2.45) is 0 Å². The molecule has 132 valence electrons. The first-order valence-corrected chi connectivity index (χ1v) is 7.33. The zero-order chi connectivity index (χ0) is 18.6. The number of rotatable bonds is 4. The van der Waals surface area contributed by atoms with Crippen LogP contribution in [-0.4, -0.2) is 18.8 Å². The summed E-state index contributed by atoms with van der Waals surface area (Å²) in [5.74, 6) is -3.59. The highest BCUT2D eigenvalue weighted by atomic mass is 35.5. The lowest BCUT2D eigenvalue weighted by Gasteiger charge is -2.11. The van der Waals surface area contributed by atoms with Crippen molar-refractivity contribution in [3.63, 3.8) is 0 Å². The number of hydrogen-bond acceptors (Lipinski definition) is 3. The number of ether oxygens (including phenoxy) is 1. The molecule has 25 heavy (non-hydrogen) atoms. The third kappa shape index (κ3) is 4.55. The number of urea groups is 1. The molecule has 0 atom stereocenters. The summed E-state index contributed by atoms with van der Waals surface area (Å²) in [6.45, 7) is -1.13. The predicted molar refractivity (Wildman–Crippen MR) is 85.9 cm³/mol. The summed E-state index contributed by atoms with van der Waals surface area (Å²) in [4.78, 5) is 23.6. The lowest BCUT2D eigenvalue weighted by atomic mass is 10.2. The fraction of sp³-hybridized carbons (Fsp3) is 0.0667. The summed E-state index contributed by atoms with van der Waals surface area (Å²) >= 11 is 11.7. The molecule has 0 saturated carbocycles. The van der Waals surface area contributed by atoms with E-state index in [4.69, 9.17) is 23.2 Å². The maximum atomic E-state index is 13.5. The van der Waals surface area contributed by atoms with E-state index in [1.165, 1.54) is 0 Å². The highest BCUT2D eigenvalue weighted by Crippen LogP contribution is 2.34. The number of anilines is 1. The summed E-state index contributed by atoms with van der Waals surface area (Å²) in [5, 5.41) is 3.81. The first kappa shape index (κ1) is 18.9. The van der Waals surface area contributed by atoms with Gasteiger partial charge in [0.2, 0.25) is 6.86 Å². The highest BCUT2D eigenvalue weighted by Gasteiger charge is 2.20. The normalized spacial score (nSPS) is 10.3. The standard InChI is InChI=1S/C15H9Cl2F3N2O3/c16-7-5-12(25-6-18)8(17)4-11(7)21-15(24)22-14(23)13-9(19)2-1-3-10(13)20/h1-5H,6H2,(H2,21,22,23,24). The van der Waals surface area contributed by atoms with E-state index in [1.807, 2.05) is 0 Å². The molecule has 2 aromatic carbocycles. The molecule has 2 N–H and O–H groups in total. The number of carbonyl (C=O) groups is 2. The molecule has 5 nitrogen and oxygen atoms in total. The average Bonchev–Trinajstić information content (AvgIpc) is 2.52. The molecule has 2 aromatic rings. The van der Waals surface area contributed by atoms with Gasteiger partial charge in [0.15, 0.2) is 0 Å². The fourth-order valence-corrected chi connectivity index (χ4v) is 2.25. The Bertz CT molecular complexity index is 814. The molecule has 0 aliphatic rings. The van der Waals surface area contributed by atoms with E-state index >= 15 is 0 Å². The minimum Gasteiger partial charge on any atom is -0.461 e. The minimum absolute atomic E-state index is 0.0304. The van der Waals surface area contributed by atoms with Gasteiger partial charge >= 0.3 is 6.03 Å². The van der Waals surface area contributed by atoms with Gasteiger partial charge in [-0.25, -0.2) is 18.0 Å². The Hall–Kier alpha value is -2.45. The van der Waals surface area contributed by atoms with Crippen molar-refractivity contribution in [1.29, 1.82) is 0 Å². The van der Waals surface area contributed by atoms with Crippen LogP contribution in [0.3, 0.4) is 0 Å². The zero-order valence-corrected chi connectivity index (χ0v) is 13.7. The lowest BCUT2D eigenvalue weighted by molar-refractivity contribution is 0.0959. The van der Waals surface area contributed by atoms with Crippen molar-refractivity contribution in [2.75, 3.05) is 12.2 Å². The molecule has 0 aliphatic heterocycles. The number of hydrogen-bond donors (Lipinski definition) is 2. The van der Waals surface area contributed by atoms with Crippen LogP contribution in [0.1, 0.15) is 10.4 Å². The maximum Gasteiger partial charge on any atom is 0.326 e. The molecule has 0 unspecified atom stereocenters. The smallest absolute Gasteiger partial charge is 0.326 e. The third-order valence-corrected chi connectivity index (χ3v) is 3.50. The van der Waals surface area contributed by atoms with Gasteiger partial charge in [0.25, 0.3) is 5.91 Å². The highest BCUT2D eigenvalue weighted by molar-refractivity contribution is 6.36. The Balaban J connectivity index is 2.13. The quantitative estimate of drug-likeness (QED) is 0.802.